The highest BCUT2D eigenvalue weighted by Crippen LogP contribution is 2.37. The van der Waals surface area contributed by atoms with E-state index in [1.165, 1.54) is 29.7 Å². The minimum Gasteiger partial charge on any atom is -0.321 e. The van der Waals surface area contributed by atoms with E-state index in [4.69, 9.17) is 23.2 Å². The third-order valence-electron chi connectivity index (χ3n) is 5.42. The van der Waals surface area contributed by atoms with Gasteiger partial charge in [-0.2, -0.15) is 4.80 Å². The van der Waals surface area contributed by atoms with E-state index in [1.807, 2.05) is 42.5 Å². The van der Waals surface area contributed by atoms with Crippen molar-refractivity contribution in [2.75, 3.05) is 5.32 Å². The van der Waals surface area contributed by atoms with Crippen LogP contribution in [-0.4, -0.2) is 20.9 Å². The third kappa shape index (κ3) is 4.47. The Kier molecular flexibility index (Phi) is 6.06. The van der Waals surface area contributed by atoms with Crippen LogP contribution in [0.25, 0.3) is 26.8 Å². The van der Waals surface area contributed by atoms with E-state index in [-0.39, 0.29) is 5.91 Å². The normalized spacial score (nSPS) is 11.4. The van der Waals surface area contributed by atoms with E-state index in [0.29, 0.717) is 26.1 Å². The summed E-state index contributed by atoms with van der Waals surface area (Å²) in [7, 11) is 0. The van der Waals surface area contributed by atoms with E-state index in [9.17, 15) is 4.79 Å². The first-order chi connectivity index (χ1) is 16.0. The molecule has 33 heavy (non-hydrogen) atoms. The lowest BCUT2D eigenvalue weighted by Gasteiger charge is -2.03. The number of hydrogen-bond acceptors (Lipinski definition) is 4. The zero-order valence-electron chi connectivity index (χ0n) is 17.8. The Balaban J connectivity index is 1.38. The summed E-state index contributed by atoms with van der Waals surface area (Å²) in [5.41, 5.74) is 4.27. The molecule has 0 aliphatic heterocycles. The number of halogens is 2. The molecule has 0 radical (unpaired) electrons. The molecule has 5 rings (SSSR count). The SMILES string of the molecule is CCCCc1ccc(-n2nc3ccc(NC(=O)c4sc5cc(Cl)ccc5c4Cl)cc3n2)cc1. The summed E-state index contributed by atoms with van der Waals surface area (Å²) in [6.45, 7) is 2.19. The number of anilines is 1. The van der Waals surface area contributed by atoms with E-state index < -0.39 is 0 Å². The van der Waals surface area contributed by atoms with E-state index in [0.717, 1.165) is 27.7 Å². The van der Waals surface area contributed by atoms with Gasteiger partial charge in [0.1, 0.15) is 15.9 Å². The van der Waals surface area contributed by atoms with Crippen LogP contribution in [0.2, 0.25) is 10.0 Å². The van der Waals surface area contributed by atoms with Crippen LogP contribution in [0.3, 0.4) is 0 Å². The van der Waals surface area contributed by atoms with Crippen LogP contribution in [0.15, 0.2) is 60.7 Å². The molecule has 5 aromatic rings. The van der Waals surface area contributed by atoms with Gasteiger partial charge in [-0.15, -0.1) is 21.5 Å². The Morgan fingerprint density at radius 3 is 2.58 bits per heavy atom. The molecular weight excluding hydrogens is 475 g/mol. The van der Waals surface area contributed by atoms with Crippen molar-refractivity contribution in [1.82, 2.24) is 15.0 Å². The highest BCUT2D eigenvalue weighted by molar-refractivity contribution is 7.21. The van der Waals surface area contributed by atoms with E-state index in [1.54, 1.807) is 10.9 Å². The molecule has 0 spiro atoms. The van der Waals surface area contributed by atoms with Gasteiger partial charge in [-0.05, 0) is 60.9 Å². The van der Waals surface area contributed by atoms with Crippen LogP contribution in [0.4, 0.5) is 5.69 Å². The molecule has 5 nitrogen and oxygen atoms in total. The third-order valence-corrected chi connectivity index (χ3v) is 7.31. The summed E-state index contributed by atoms with van der Waals surface area (Å²) < 4.78 is 0.872. The molecule has 1 amide bonds. The largest absolute Gasteiger partial charge is 0.321 e. The van der Waals surface area contributed by atoms with Gasteiger partial charge in [0.25, 0.3) is 5.91 Å². The van der Waals surface area contributed by atoms with Crippen molar-refractivity contribution >= 4 is 67.3 Å². The zero-order chi connectivity index (χ0) is 22.9. The number of benzene rings is 3. The number of rotatable bonds is 6. The lowest BCUT2D eigenvalue weighted by atomic mass is 10.1. The molecule has 0 saturated heterocycles. The van der Waals surface area contributed by atoms with Crippen molar-refractivity contribution in [2.24, 2.45) is 0 Å². The second kappa shape index (κ2) is 9.14. The molecule has 3 aromatic carbocycles. The Labute approximate surface area is 204 Å². The first kappa shape index (κ1) is 21.9. The maximum absolute atomic E-state index is 12.9. The number of unbranched alkanes of at least 4 members (excludes halogenated alkanes) is 1. The van der Waals surface area contributed by atoms with Crippen LogP contribution in [0.5, 0.6) is 0 Å². The summed E-state index contributed by atoms with van der Waals surface area (Å²) in [4.78, 5) is 15.0. The molecule has 0 bridgehead atoms. The number of nitrogens with one attached hydrogen (secondary N) is 1. The lowest BCUT2D eigenvalue weighted by Crippen LogP contribution is -2.10. The number of aryl methyl sites for hydroxylation is 1. The molecule has 2 aromatic heterocycles. The summed E-state index contributed by atoms with van der Waals surface area (Å²) in [6.07, 6.45) is 3.43. The van der Waals surface area contributed by atoms with Gasteiger partial charge in [-0.25, -0.2) is 0 Å². The van der Waals surface area contributed by atoms with Crippen LogP contribution >= 0.6 is 34.5 Å². The second-order valence-corrected chi connectivity index (χ2v) is 9.67. The average Bonchev–Trinajstić information content (AvgIpc) is 3.38. The number of carbonyl (C=O) groups excluding carboxylic acids is 1. The van der Waals surface area contributed by atoms with Gasteiger partial charge in [0, 0.05) is 20.8 Å². The van der Waals surface area contributed by atoms with Crippen LogP contribution < -0.4 is 5.32 Å². The predicted octanol–water partition coefficient (Wildman–Crippen LogP) is 7.54. The number of fused-ring (bicyclic) bond motifs is 2. The molecule has 1 N–H and O–H groups in total. The van der Waals surface area contributed by atoms with Gasteiger partial charge in [-0.3, -0.25) is 4.79 Å². The van der Waals surface area contributed by atoms with Crippen molar-refractivity contribution in [3.63, 3.8) is 0 Å². The number of hydrogen-bond donors (Lipinski definition) is 1. The van der Waals surface area contributed by atoms with Crippen LogP contribution in [-0.2, 0) is 6.42 Å². The molecule has 0 fully saturated rings. The number of nitrogens with zero attached hydrogens (tertiary/aromatic N) is 3. The standard InChI is InChI=1S/C25H20Cl2N4OS/c1-2-3-4-15-5-9-18(10-6-15)31-29-20-12-8-17(14-21(20)30-31)28-25(32)24-23(27)19-11-7-16(26)13-22(19)33-24/h5-14H,2-4H2,1H3,(H,28,32). The quantitative estimate of drug-likeness (QED) is 0.265. The maximum Gasteiger partial charge on any atom is 0.267 e. The molecule has 0 aliphatic carbocycles. The van der Waals surface area contributed by atoms with Crippen LogP contribution in [0.1, 0.15) is 35.0 Å². The van der Waals surface area contributed by atoms with Gasteiger partial charge < -0.3 is 5.32 Å². The van der Waals surface area contributed by atoms with Crippen molar-refractivity contribution < 1.29 is 4.79 Å². The topological polar surface area (TPSA) is 59.8 Å². The first-order valence-electron chi connectivity index (χ1n) is 10.7. The Hall–Kier alpha value is -2.93. The van der Waals surface area contributed by atoms with E-state index in [2.05, 4.69) is 34.6 Å². The fourth-order valence-corrected chi connectivity index (χ4v) is 5.35. The summed E-state index contributed by atoms with van der Waals surface area (Å²) in [6, 6.07) is 19.2. The predicted molar refractivity (Wildman–Crippen MR) is 137 cm³/mol. The summed E-state index contributed by atoms with van der Waals surface area (Å²) in [5.74, 6) is -0.272. The molecule has 0 atom stereocenters. The highest BCUT2D eigenvalue weighted by Gasteiger charge is 2.18. The number of aromatic nitrogens is 3. The maximum atomic E-state index is 12.9. The monoisotopic (exact) mass is 494 g/mol. The molecule has 0 aliphatic rings. The smallest absolute Gasteiger partial charge is 0.267 e. The molecule has 0 saturated carbocycles. The van der Waals surface area contributed by atoms with Crippen molar-refractivity contribution in [3.05, 3.63) is 81.1 Å². The van der Waals surface area contributed by atoms with Gasteiger partial charge in [0.05, 0.1) is 10.7 Å². The second-order valence-electron chi connectivity index (χ2n) is 7.80. The molecule has 166 valence electrons. The van der Waals surface area contributed by atoms with E-state index >= 15 is 0 Å². The zero-order valence-corrected chi connectivity index (χ0v) is 20.1. The highest BCUT2D eigenvalue weighted by atomic mass is 35.5. The average molecular weight is 495 g/mol. The molecule has 8 heteroatoms. The van der Waals surface area contributed by atoms with Gasteiger partial charge >= 0.3 is 0 Å². The molecule has 0 unspecified atom stereocenters. The summed E-state index contributed by atoms with van der Waals surface area (Å²) in [5, 5.41) is 13.9. The van der Waals surface area contributed by atoms with Gasteiger partial charge in [0.2, 0.25) is 0 Å². The minimum atomic E-state index is -0.272. The fraction of sp³-hybridized carbons (Fsp3) is 0.160. The Morgan fingerprint density at radius 1 is 1.00 bits per heavy atom. The number of thiophene rings is 1. The minimum absolute atomic E-state index is 0.272. The van der Waals surface area contributed by atoms with Crippen molar-refractivity contribution in [2.45, 2.75) is 26.2 Å². The van der Waals surface area contributed by atoms with Crippen molar-refractivity contribution in [1.29, 1.82) is 0 Å². The van der Waals surface area contributed by atoms with Gasteiger partial charge in [-0.1, -0.05) is 54.7 Å². The van der Waals surface area contributed by atoms with Gasteiger partial charge in [0.15, 0.2) is 0 Å². The van der Waals surface area contributed by atoms with Crippen molar-refractivity contribution in [3.8, 4) is 5.69 Å². The van der Waals surface area contributed by atoms with Crippen LogP contribution in [0, 0.1) is 0 Å². The molecular formula is C25H20Cl2N4OS. The number of carbonyl (C=O) groups is 1. The Bertz CT molecular complexity index is 1470. The summed E-state index contributed by atoms with van der Waals surface area (Å²) >= 11 is 13.8. The fourth-order valence-electron chi connectivity index (χ4n) is 3.66. The first-order valence-corrected chi connectivity index (χ1v) is 12.2. The molecule has 2 heterocycles. The number of amides is 1. The Morgan fingerprint density at radius 2 is 1.79 bits per heavy atom. The lowest BCUT2D eigenvalue weighted by molar-refractivity contribution is 0.103.